The molecule has 0 aromatic carbocycles. The fourth-order valence-corrected chi connectivity index (χ4v) is 4.25. The normalized spacial score (nSPS) is 25.4. The zero-order valence-corrected chi connectivity index (χ0v) is 16.1. The quantitative estimate of drug-likeness (QED) is 0.590. The number of hydrogen-bond acceptors (Lipinski definition) is 6. The summed E-state index contributed by atoms with van der Waals surface area (Å²) in [5.41, 5.74) is 0. The first kappa shape index (κ1) is 20.6. The van der Waals surface area contributed by atoms with Gasteiger partial charge < -0.3 is 15.5 Å². The van der Waals surface area contributed by atoms with Crippen molar-refractivity contribution in [1.82, 2.24) is 15.5 Å². The zero-order valence-electron chi connectivity index (χ0n) is 14.5. The third kappa shape index (κ3) is 4.33. The Bertz CT molecular complexity index is 683. The SMILES string of the molecule is CC1CNCCC1NC(=O)C1CCCN1C(=O)c1ccc([N+](=O)[O-])s1.Cl. The first-order valence-electron chi connectivity index (χ1n) is 8.53. The third-order valence-corrected chi connectivity index (χ3v) is 5.94. The number of halogens is 1. The predicted molar refractivity (Wildman–Crippen MR) is 101 cm³/mol. The summed E-state index contributed by atoms with van der Waals surface area (Å²) in [7, 11) is 0. The van der Waals surface area contributed by atoms with Gasteiger partial charge in [0.2, 0.25) is 5.91 Å². The molecule has 2 fully saturated rings. The number of hydrogen-bond donors (Lipinski definition) is 2. The molecule has 8 nitrogen and oxygen atoms in total. The van der Waals surface area contributed by atoms with E-state index in [0.29, 0.717) is 23.8 Å². The molecular weight excluding hydrogens is 380 g/mol. The van der Waals surface area contributed by atoms with E-state index >= 15 is 0 Å². The smallest absolute Gasteiger partial charge is 0.324 e. The summed E-state index contributed by atoms with van der Waals surface area (Å²) in [5.74, 6) is -0.0621. The molecule has 0 bridgehead atoms. The topological polar surface area (TPSA) is 105 Å². The molecule has 2 amide bonds. The largest absolute Gasteiger partial charge is 0.351 e. The molecule has 1 aromatic heterocycles. The Kier molecular flexibility index (Phi) is 6.96. The molecule has 144 valence electrons. The number of rotatable bonds is 4. The number of nitrogens with one attached hydrogen (secondary N) is 2. The number of carbonyl (C=O) groups excluding carboxylic acids is 2. The van der Waals surface area contributed by atoms with Crippen LogP contribution in [0.3, 0.4) is 0 Å². The molecule has 2 N–H and O–H groups in total. The van der Waals surface area contributed by atoms with E-state index < -0.39 is 11.0 Å². The molecule has 0 radical (unpaired) electrons. The number of amides is 2. The van der Waals surface area contributed by atoms with Crippen molar-refractivity contribution in [1.29, 1.82) is 0 Å². The fraction of sp³-hybridized carbons (Fsp3) is 0.625. The number of carbonyl (C=O) groups is 2. The predicted octanol–water partition coefficient (Wildman–Crippen LogP) is 1.80. The summed E-state index contributed by atoms with van der Waals surface area (Å²) in [6.45, 7) is 4.35. The molecule has 2 aliphatic rings. The van der Waals surface area contributed by atoms with Crippen molar-refractivity contribution in [3.05, 3.63) is 27.1 Å². The van der Waals surface area contributed by atoms with Gasteiger partial charge in [0, 0.05) is 18.7 Å². The molecule has 3 atom stereocenters. The Morgan fingerprint density at radius 2 is 2.15 bits per heavy atom. The number of nitrogens with zero attached hydrogens (tertiary/aromatic N) is 2. The average Bonchev–Trinajstić information content (AvgIpc) is 3.26. The molecule has 0 aliphatic carbocycles. The third-order valence-electron chi connectivity index (χ3n) is 4.91. The second-order valence-corrected chi connectivity index (χ2v) is 7.70. The zero-order chi connectivity index (χ0) is 18.0. The number of likely N-dealkylation sites (tertiary alicyclic amines) is 1. The Balaban J connectivity index is 0.00000243. The van der Waals surface area contributed by atoms with Crippen LogP contribution in [0.2, 0.25) is 0 Å². The summed E-state index contributed by atoms with van der Waals surface area (Å²) < 4.78 is 0. The lowest BCUT2D eigenvalue weighted by Crippen LogP contribution is -2.53. The van der Waals surface area contributed by atoms with Gasteiger partial charge in [0.25, 0.3) is 5.91 Å². The van der Waals surface area contributed by atoms with E-state index in [-0.39, 0.29) is 35.3 Å². The van der Waals surface area contributed by atoms with Crippen LogP contribution in [0, 0.1) is 16.0 Å². The number of piperidine rings is 1. The highest BCUT2D eigenvalue weighted by Crippen LogP contribution is 2.28. The monoisotopic (exact) mass is 402 g/mol. The van der Waals surface area contributed by atoms with Crippen LogP contribution in [-0.4, -0.2) is 53.4 Å². The molecule has 3 unspecified atom stereocenters. The van der Waals surface area contributed by atoms with Crippen LogP contribution in [0.25, 0.3) is 0 Å². The maximum atomic E-state index is 12.7. The van der Waals surface area contributed by atoms with Gasteiger partial charge in [0.05, 0.1) is 9.80 Å². The van der Waals surface area contributed by atoms with Gasteiger partial charge in [-0.15, -0.1) is 12.4 Å². The second kappa shape index (κ2) is 8.79. The number of thiophene rings is 1. The first-order chi connectivity index (χ1) is 12.0. The second-order valence-electron chi connectivity index (χ2n) is 6.64. The molecule has 1 aromatic rings. The number of nitro groups is 1. The highest BCUT2D eigenvalue weighted by atomic mass is 35.5. The van der Waals surface area contributed by atoms with Gasteiger partial charge >= 0.3 is 5.00 Å². The lowest BCUT2D eigenvalue weighted by Gasteiger charge is -2.32. The van der Waals surface area contributed by atoms with E-state index in [1.165, 1.54) is 12.1 Å². The molecule has 0 saturated carbocycles. The van der Waals surface area contributed by atoms with Crippen LogP contribution < -0.4 is 10.6 Å². The summed E-state index contributed by atoms with van der Waals surface area (Å²) >= 11 is 0.855. The summed E-state index contributed by atoms with van der Waals surface area (Å²) in [6.07, 6.45) is 2.27. The Labute approximate surface area is 161 Å². The van der Waals surface area contributed by atoms with E-state index in [0.717, 1.165) is 37.3 Å². The standard InChI is InChI=1S/C16H22N4O4S.ClH/c1-10-9-17-7-6-11(10)18-15(21)12-3-2-8-19(12)16(22)13-4-5-14(25-13)20(23)24;/h4-5,10-12,17H,2-3,6-9H2,1H3,(H,18,21);1H. The Hall–Kier alpha value is -1.71. The average molecular weight is 403 g/mol. The van der Waals surface area contributed by atoms with Crippen LogP contribution in [-0.2, 0) is 4.79 Å². The summed E-state index contributed by atoms with van der Waals surface area (Å²) in [4.78, 5) is 37.5. The van der Waals surface area contributed by atoms with Crippen molar-refractivity contribution >= 4 is 40.6 Å². The van der Waals surface area contributed by atoms with E-state index in [4.69, 9.17) is 0 Å². The minimum atomic E-state index is -0.506. The fourth-order valence-electron chi connectivity index (χ4n) is 3.47. The van der Waals surface area contributed by atoms with Gasteiger partial charge in [-0.1, -0.05) is 18.3 Å². The van der Waals surface area contributed by atoms with Crippen molar-refractivity contribution in [3.63, 3.8) is 0 Å². The van der Waals surface area contributed by atoms with E-state index in [2.05, 4.69) is 17.6 Å². The minimum absolute atomic E-state index is 0. The molecule has 2 aliphatic heterocycles. The molecular formula is C16H23ClN4O4S. The first-order valence-corrected chi connectivity index (χ1v) is 9.35. The van der Waals surface area contributed by atoms with Crippen molar-refractivity contribution in [2.75, 3.05) is 19.6 Å². The van der Waals surface area contributed by atoms with Crippen molar-refractivity contribution < 1.29 is 14.5 Å². The Morgan fingerprint density at radius 3 is 2.81 bits per heavy atom. The van der Waals surface area contributed by atoms with Crippen molar-refractivity contribution in [2.24, 2.45) is 5.92 Å². The van der Waals surface area contributed by atoms with Crippen LogP contribution >= 0.6 is 23.7 Å². The van der Waals surface area contributed by atoms with Crippen LogP contribution in [0.4, 0.5) is 5.00 Å². The molecule has 2 saturated heterocycles. The van der Waals surface area contributed by atoms with Gasteiger partial charge in [-0.2, -0.15) is 0 Å². The highest BCUT2D eigenvalue weighted by molar-refractivity contribution is 7.17. The van der Waals surface area contributed by atoms with Crippen LogP contribution in [0.15, 0.2) is 12.1 Å². The van der Waals surface area contributed by atoms with Gasteiger partial charge in [-0.3, -0.25) is 19.7 Å². The minimum Gasteiger partial charge on any atom is -0.351 e. The molecule has 26 heavy (non-hydrogen) atoms. The lowest BCUT2D eigenvalue weighted by molar-refractivity contribution is -0.380. The van der Waals surface area contributed by atoms with E-state index in [1.54, 1.807) is 4.90 Å². The maximum Gasteiger partial charge on any atom is 0.324 e. The van der Waals surface area contributed by atoms with Crippen molar-refractivity contribution in [3.8, 4) is 0 Å². The lowest BCUT2D eigenvalue weighted by atomic mass is 9.95. The van der Waals surface area contributed by atoms with Crippen LogP contribution in [0.1, 0.15) is 35.9 Å². The van der Waals surface area contributed by atoms with E-state index in [1.807, 2.05) is 0 Å². The maximum absolute atomic E-state index is 12.7. The van der Waals surface area contributed by atoms with Gasteiger partial charge in [-0.25, -0.2) is 0 Å². The molecule has 10 heteroatoms. The van der Waals surface area contributed by atoms with Gasteiger partial charge in [-0.05, 0) is 44.3 Å². The summed E-state index contributed by atoms with van der Waals surface area (Å²) in [6, 6.07) is 2.43. The van der Waals surface area contributed by atoms with Crippen LogP contribution in [0.5, 0.6) is 0 Å². The van der Waals surface area contributed by atoms with Gasteiger partial charge in [0.1, 0.15) is 6.04 Å². The molecule has 0 spiro atoms. The highest BCUT2D eigenvalue weighted by Gasteiger charge is 2.37. The van der Waals surface area contributed by atoms with Gasteiger partial charge in [0.15, 0.2) is 0 Å². The molecule has 3 rings (SSSR count). The summed E-state index contributed by atoms with van der Waals surface area (Å²) in [5, 5.41) is 17.1. The van der Waals surface area contributed by atoms with Crippen molar-refractivity contribution in [2.45, 2.75) is 38.3 Å². The van der Waals surface area contributed by atoms with E-state index in [9.17, 15) is 19.7 Å². The molecule has 3 heterocycles. The Morgan fingerprint density at radius 1 is 1.38 bits per heavy atom.